The van der Waals surface area contributed by atoms with Crippen LogP contribution in [0.2, 0.25) is 0 Å². The lowest BCUT2D eigenvalue weighted by atomic mass is 10.0. The maximum absolute atomic E-state index is 6.56. The van der Waals surface area contributed by atoms with Gasteiger partial charge in [-0.15, -0.1) is 0 Å². The van der Waals surface area contributed by atoms with Gasteiger partial charge in [-0.1, -0.05) is 24.3 Å². The highest BCUT2D eigenvalue weighted by molar-refractivity contribution is 5.95. The van der Waals surface area contributed by atoms with E-state index in [0.29, 0.717) is 17.9 Å². The molecular formula is C29H29N7O. The molecule has 5 aromatic rings. The van der Waals surface area contributed by atoms with E-state index < -0.39 is 0 Å². The normalized spacial score (nSPS) is 15.6. The van der Waals surface area contributed by atoms with Crippen molar-refractivity contribution >= 4 is 16.7 Å². The third-order valence-corrected chi connectivity index (χ3v) is 6.69. The monoisotopic (exact) mass is 491 g/mol. The van der Waals surface area contributed by atoms with Crippen LogP contribution in [0.1, 0.15) is 24.1 Å². The Morgan fingerprint density at radius 3 is 2.76 bits per heavy atom. The van der Waals surface area contributed by atoms with Crippen molar-refractivity contribution in [3.05, 3.63) is 84.4 Å². The van der Waals surface area contributed by atoms with Gasteiger partial charge in [-0.25, -0.2) is 19.6 Å². The number of ether oxygens (including phenoxy) is 1. The fourth-order valence-electron chi connectivity index (χ4n) is 4.81. The van der Waals surface area contributed by atoms with Gasteiger partial charge in [-0.2, -0.15) is 5.10 Å². The van der Waals surface area contributed by atoms with Gasteiger partial charge < -0.3 is 15.4 Å². The molecule has 0 aliphatic carbocycles. The summed E-state index contributed by atoms with van der Waals surface area (Å²) in [5.41, 5.74) is 4.56. The largest absolute Gasteiger partial charge is 0.437 e. The van der Waals surface area contributed by atoms with Gasteiger partial charge >= 0.3 is 0 Å². The predicted octanol–water partition coefficient (Wildman–Crippen LogP) is 5.45. The Morgan fingerprint density at radius 1 is 0.973 bits per heavy atom. The molecule has 0 unspecified atom stereocenters. The Morgan fingerprint density at radius 2 is 1.92 bits per heavy atom. The van der Waals surface area contributed by atoms with E-state index in [9.17, 15) is 0 Å². The fraction of sp³-hybridized carbons (Fsp3) is 0.241. The van der Waals surface area contributed by atoms with Gasteiger partial charge in [0.15, 0.2) is 0 Å². The number of piperidine rings is 1. The zero-order chi connectivity index (χ0) is 25.2. The first kappa shape index (κ1) is 23.1. The van der Waals surface area contributed by atoms with Crippen molar-refractivity contribution in [2.75, 3.05) is 18.4 Å². The van der Waals surface area contributed by atoms with Gasteiger partial charge in [0.25, 0.3) is 0 Å². The molecular weight excluding hydrogens is 462 g/mol. The topological polar surface area (TPSA) is 89.8 Å². The molecule has 0 bridgehead atoms. The van der Waals surface area contributed by atoms with E-state index in [1.165, 1.54) is 0 Å². The molecule has 1 atom stereocenters. The van der Waals surface area contributed by atoms with E-state index in [2.05, 4.69) is 50.0 Å². The van der Waals surface area contributed by atoms with Gasteiger partial charge in [-0.05, 0) is 69.1 Å². The molecule has 1 fully saturated rings. The standard InChI is InChI=1S/C29H29N7O/c1-19-10-11-22-23(7-3-9-26(22)36-17-13-20(2)35-36)27(19)37-28-24(8-5-15-31-28)25-12-16-32-29(34-25)33-21-6-4-14-30-18-21/h3,5,7-13,15-17,21,30H,4,6,14,18H2,1-2H3,(H,32,33,34)/t21-/m0/s1. The van der Waals surface area contributed by atoms with Crippen molar-refractivity contribution in [1.82, 2.24) is 30.0 Å². The molecule has 1 saturated heterocycles. The Kier molecular flexibility index (Phi) is 6.24. The zero-order valence-electron chi connectivity index (χ0n) is 21.0. The highest BCUT2D eigenvalue weighted by Crippen LogP contribution is 2.38. The summed E-state index contributed by atoms with van der Waals surface area (Å²) in [6.07, 6.45) is 7.74. The first-order valence-electron chi connectivity index (χ1n) is 12.6. The number of anilines is 1. The van der Waals surface area contributed by atoms with E-state index in [0.717, 1.165) is 70.7 Å². The van der Waals surface area contributed by atoms with Crippen molar-refractivity contribution in [2.24, 2.45) is 0 Å². The number of rotatable bonds is 6. The van der Waals surface area contributed by atoms with Crippen LogP contribution in [0.15, 0.2) is 73.2 Å². The third kappa shape index (κ3) is 4.75. The van der Waals surface area contributed by atoms with Crippen LogP contribution in [0.3, 0.4) is 0 Å². The van der Waals surface area contributed by atoms with E-state index in [4.69, 9.17) is 9.72 Å². The minimum absolute atomic E-state index is 0.319. The molecule has 4 heterocycles. The smallest absolute Gasteiger partial charge is 0.228 e. The number of benzene rings is 2. The van der Waals surface area contributed by atoms with E-state index in [1.54, 1.807) is 12.4 Å². The summed E-state index contributed by atoms with van der Waals surface area (Å²) in [5.74, 6) is 1.88. The van der Waals surface area contributed by atoms with Crippen molar-refractivity contribution in [1.29, 1.82) is 0 Å². The van der Waals surface area contributed by atoms with Crippen molar-refractivity contribution in [3.8, 4) is 28.6 Å². The molecule has 8 nitrogen and oxygen atoms in total. The third-order valence-electron chi connectivity index (χ3n) is 6.69. The molecule has 1 aliphatic heterocycles. The molecule has 8 heteroatoms. The lowest BCUT2D eigenvalue weighted by Crippen LogP contribution is -2.38. The number of hydrogen-bond acceptors (Lipinski definition) is 7. The highest BCUT2D eigenvalue weighted by atomic mass is 16.5. The maximum atomic E-state index is 6.56. The second-order valence-corrected chi connectivity index (χ2v) is 9.40. The molecule has 37 heavy (non-hydrogen) atoms. The molecule has 2 aromatic carbocycles. The molecule has 0 saturated carbocycles. The van der Waals surface area contributed by atoms with E-state index >= 15 is 0 Å². The van der Waals surface area contributed by atoms with Crippen LogP contribution in [-0.2, 0) is 0 Å². The number of nitrogens with one attached hydrogen (secondary N) is 2. The van der Waals surface area contributed by atoms with Crippen LogP contribution in [-0.4, -0.2) is 43.9 Å². The SMILES string of the molecule is Cc1ccn(-c2cccc3c(Oc4ncccc4-c4ccnc(N[C@H]5CCCNC5)n4)c(C)ccc23)n1. The molecule has 6 rings (SSSR count). The number of nitrogens with zero attached hydrogens (tertiary/aromatic N) is 5. The fourth-order valence-corrected chi connectivity index (χ4v) is 4.81. The van der Waals surface area contributed by atoms with Crippen LogP contribution in [0.4, 0.5) is 5.95 Å². The van der Waals surface area contributed by atoms with Gasteiger partial charge in [0, 0.05) is 41.9 Å². The van der Waals surface area contributed by atoms with Crippen LogP contribution in [0.25, 0.3) is 27.7 Å². The first-order chi connectivity index (χ1) is 18.2. The van der Waals surface area contributed by atoms with E-state index in [1.807, 2.05) is 55.1 Å². The first-order valence-corrected chi connectivity index (χ1v) is 12.6. The Labute approximate surface area is 215 Å². The zero-order valence-corrected chi connectivity index (χ0v) is 21.0. The lowest BCUT2D eigenvalue weighted by molar-refractivity contribution is 0.466. The number of hydrogen-bond donors (Lipinski definition) is 2. The quantitative estimate of drug-likeness (QED) is 0.326. The minimum Gasteiger partial charge on any atom is -0.437 e. The number of fused-ring (bicyclic) bond motifs is 1. The second kappa shape index (κ2) is 9.99. The van der Waals surface area contributed by atoms with Crippen molar-refractivity contribution in [2.45, 2.75) is 32.7 Å². The summed E-state index contributed by atoms with van der Waals surface area (Å²) in [6.45, 7) is 6.01. The van der Waals surface area contributed by atoms with Crippen molar-refractivity contribution in [3.63, 3.8) is 0 Å². The summed E-state index contributed by atoms with van der Waals surface area (Å²) in [6, 6.07) is 18.5. The lowest BCUT2D eigenvalue weighted by Gasteiger charge is -2.23. The summed E-state index contributed by atoms with van der Waals surface area (Å²) in [4.78, 5) is 13.8. The Hall–Kier alpha value is -4.30. The van der Waals surface area contributed by atoms with Crippen LogP contribution in [0, 0.1) is 13.8 Å². The summed E-state index contributed by atoms with van der Waals surface area (Å²) >= 11 is 0. The molecule has 0 radical (unpaired) electrons. The van der Waals surface area contributed by atoms with Crippen LogP contribution in [0.5, 0.6) is 11.6 Å². The molecule has 2 N–H and O–H groups in total. The molecule has 186 valence electrons. The highest BCUT2D eigenvalue weighted by Gasteiger charge is 2.17. The Balaban J connectivity index is 1.37. The number of aryl methyl sites for hydroxylation is 2. The second-order valence-electron chi connectivity index (χ2n) is 9.40. The van der Waals surface area contributed by atoms with Crippen molar-refractivity contribution < 1.29 is 4.74 Å². The summed E-state index contributed by atoms with van der Waals surface area (Å²) in [5, 5.41) is 13.5. The predicted molar refractivity (Wildman–Crippen MR) is 145 cm³/mol. The van der Waals surface area contributed by atoms with Crippen LogP contribution >= 0.6 is 0 Å². The van der Waals surface area contributed by atoms with Gasteiger partial charge in [0.05, 0.1) is 22.6 Å². The average Bonchev–Trinajstić information content (AvgIpc) is 3.37. The summed E-state index contributed by atoms with van der Waals surface area (Å²) in [7, 11) is 0. The maximum Gasteiger partial charge on any atom is 0.228 e. The van der Waals surface area contributed by atoms with Gasteiger partial charge in [0.1, 0.15) is 5.75 Å². The number of aromatic nitrogens is 5. The van der Waals surface area contributed by atoms with Crippen LogP contribution < -0.4 is 15.4 Å². The van der Waals surface area contributed by atoms with Gasteiger partial charge in [0.2, 0.25) is 11.8 Å². The molecule has 0 amide bonds. The minimum atomic E-state index is 0.319. The summed E-state index contributed by atoms with van der Waals surface area (Å²) < 4.78 is 8.47. The average molecular weight is 492 g/mol. The van der Waals surface area contributed by atoms with Gasteiger partial charge in [-0.3, -0.25) is 0 Å². The Bertz CT molecular complexity index is 1560. The molecule has 1 aliphatic rings. The number of pyridine rings is 1. The molecule has 3 aromatic heterocycles. The molecule has 0 spiro atoms. The van der Waals surface area contributed by atoms with E-state index in [-0.39, 0.29) is 0 Å².